The van der Waals surface area contributed by atoms with E-state index in [2.05, 4.69) is 24.1 Å². The Bertz CT molecular complexity index is 1010. The molecule has 1 aromatic rings. The van der Waals surface area contributed by atoms with Gasteiger partial charge in [0.1, 0.15) is 15.7 Å². The summed E-state index contributed by atoms with van der Waals surface area (Å²) in [6.45, 7) is 5.93. The van der Waals surface area contributed by atoms with Crippen molar-refractivity contribution in [3.8, 4) is 0 Å². The summed E-state index contributed by atoms with van der Waals surface area (Å²) in [6.07, 6.45) is 0.375. The number of anilines is 1. The minimum Gasteiger partial charge on any atom is -0.353 e. The van der Waals surface area contributed by atoms with Crippen molar-refractivity contribution in [1.82, 2.24) is 15.2 Å². The third-order valence-corrected chi connectivity index (χ3v) is 9.79. The first-order valence-electron chi connectivity index (χ1n) is 12.4. The quantitative estimate of drug-likeness (QED) is 0.648. The molecule has 2 saturated heterocycles. The molecular weight excluding hydrogens is 481 g/mol. The van der Waals surface area contributed by atoms with Crippen LogP contribution in [0.1, 0.15) is 51.5 Å². The van der Waals surface area contributed by atoms with E-state index in [9.17, 15) is 26.4 Å². The van der Waals surface area contributed by atoms with Gasteiger partial charge in [-0.15, -0.1) is 0 Å². The van der Waals surface area contributed by atoms with Gasteiger partial charge in [-0.2, -0.15) is 13.2 Å². The second-order valence-corrected chi connectivity index (χ2v) is 12.8. The normalized spacial score (nSPS) is 28.0. The lowest BCUT2D eigenvalue weighted by atomic mass is 9.74. The van der Waals surface area contributed by atoms with E-state index < -0.39 is 27.0 Å². The number of carbonyl (C=O) groups excluding carboxylic acids is 1. The van der Waals surface area contributed by atoms with Gasteiger partial charge in [-0.25, -0.2) is 13.4 Å². The van der Waals surface area contributed by atoms with Crippen LogP contribution in [0.25, 0.3) is 0 Å². The molecule has 1 N–H and O–H groups in total. The molecule has 1 unspecified atom stereocenters. The third kappa shape index (κ3) is 5.76. The summed E-state index contributed by atoms with van der Waals surface area (Å²) in [7, 11) is -2.91. The monoisotopic (exact) mass is 516 g/mol. The fraction of sp³-hybridized carbons (Fsp3) is 0.750. The van der Waals surface area contributed by atoms with Crippen molar-refractivity contribution < 1.29 is 26.4 Å². The maximum absolute atomic E-state index is 13.8. The van der Waals surface area contributed by atoms with Crippen LogP contribution in [-0.2, 0) is 20.8 Å². The average Bonchev–Trinajstić information content (AvgIpc) is 3.25. The zero-order chi connectivity index (χ0) is 25.4. The van der Waals surface area contributed by atoms with Gasteiger partial charge in [0, 0.05) is 44.5 Å². The van der Waals surface area contributed by atoms with Gasteiger partial charge in [-0.3, -0.25) is 4.79 Å². The largest absolute Gasteiger partial charge is 0.416 e. The molecule has 4 rings (SSSR count). The van der Waals surface area contributed by atoms with Crippen LogP contribution >= 0.6 is 0 Å². The molecule has 0 aromatic carbocycles. The number of nitrogens with one attached hydrogen (secondary N) is 1. The number of sulfone groups is 1. The number of amides is 1. The van der Waals surface area contributed by atoms with Crippen molar-refractivity contribution >= 4 is 21.6 Å². The Morgan fingerprint density at radius 1 is 1.11 bits per heavy atom. The van der Waals surface area contributed by atoms with Gasteiger partial charge in [0.25, 0.3) is 0 Å². The summed E-state index contributed by atoms with van der Waals surface area (Å²) in [5.74, 6) is 0.995. The Kier molecular flexibility index (Phi) is 7.39. The summed E-state index contributed by atoms with van der Waals surface area (Å²) in [5, 5.41) is 3.63. The molecule has 196 valence electrons. The van der Waals surface area contributed by atoms with Gasteiger partial charge in [0.2, 0.25) is 5.91 Å². The van der Waals surface area contributed by atoms with E-state index in [-0.39, 0.29) is 41.2 Å². The van der Waals surface area contributed by atoms with Crippen LogP contribution in [0.5, 0.6) is 0 Å². The highest BCUT2D eigenvalue weighted by molar-refractivity contribution is 7.91. The minimum atomic E-state index is -4.42. The van der Waals surface area contributed by atoms with Gasteiger partial charge >= 0.3 is 6.18 Å². The van der Waals surface area contributed by atoms with Crippen molar-refractivity contribution in [2.45, 2.75) is 64.2 Å². The SMILES string of the molecule is CC(C)[C@]1(C(=O)N2CCN(c3cc(C(F)(F)F)ccn3)CC2)CCC(NC2CCS(=O)(=O)CC2)C1. The van der Waals surface area contributed by atoms with Crippen molar-refractivity contribution in [2.75, 3.05) is 42.6 Å². The number of carbonyl (C=O) groups is 1. The fourth-order valence-corrected chi connectivity index (χ4v) is 7.29. The number of nitrogens with zero attached hydrogens (tertiary/aromatic N) is 3. The van der Waals surface area contributed by atoms with Gasteiger partial charge < -0.3 is 15.1 Å². The number of piperazine rings is 1. The van der Waals surface area contributed by atoms with Crippen LogP contribution in [0.2, 0.25) is 0 Å². The molecule has 0 spiro atoms. The number of pyridine rings is 1. The van der Waals surface area contributed by atoms with Crippen LogP contribution in [0.15, 0.2) is 18.3 Å². The van der Waals surface area contributed by atoms with Crippen molar-refractivity contribution in [2.24, 2.45) is 11.3 Å². The Labute approximate surface area is 205 Å². The highest BCUT2D eigenvalue weighted by atomic mass is 32.2. The third-order valence-electron chi connectivity index (χ3n) is 8.07. The number of aromatic nitrogens is 1. The smallest absolute Gasteiger partial charge is 0.353 e. The highest BCUT2D eigenvalue weighted by Crippen LogP contribution is 2.46. The predicted octanol–water partition coefficient (Wildman–Crippen LogP) is 3.11. The topological polar surface area (TPSA) is 82.6 Å². The summed E-state index contributed by atoms with van der Waals surface area (Å²) >= 11 is 0. The van der Waals surface area contributed by atoms with Gasteiger partial charge in [0.15, 0.2) is 0 Å². The molecule has 1 aromatic heterocycles. The molecule has 3 fully saturated rings. The van der Waals surface area contributed by atoms with E-state index >= 15 is 0 Å². The number of alkyl halides is 3. The lowest BCUT2D eigenvalue weighted by Gasteiger charge is -2.42. The highest BCUT2D eigenvalue weighted by Gasteiger charge is 2.50. The van der Waals surface area contributed by atoms with Crippen LogP contribution in [-0.4, -0.2) is 74.0 Å². The van der Waals surface area contributed by atoms with E-state index in [0.717, 1.165) is 31.4 Å². The van der Waals surface area contributed by atoms with Crippen LogP contribution in [0.3, 0.4) is 0 Å². The van der Waals surface area contributed by atoms with Gasteiger partial charge in [-0.05, 0) is 50.2 Å². The molecular formula is C24H35F3N4O3S. The van der Waals surface area contributed by atoms with Gasteiger partial charge in [-0.1, -0.05) is 13.8 Å². The van der Waals surface area contributed by atoms with Crippen LogP contribution in [0.4, 0.5) is 19.0 Å². The Morgan fingerprint density at radius 3 is 2.37 bits per heavy atom. The molecule has 3 aliphatic rings. The van der Waals surface area contributed by atoms with Gasteiger partial charge in [0.05, 0.1) is 22.5 Å². The first-order chi connectivity index (χ1) is 16.4. The summed E-state index contributed by atoms with van der Waals surface area (Å²) in [4.78, 5) is 21.5. The zero-order valence-electron chi connectivity index (χ0n) is 20.4. The molecule has 1 amide bonds. The summed E-state index contributed by atoms with van der Waals surface area (Å²) < 4.78 is 62.7. The summed E-state index contributed by atoms with van der Waals surface area (Å²) in [6, 6.07) is 2.39. The summed E-state index contributed by atoms with van der Waals surface area (Å²) in [5.41, 5.74) is -1.20. The van der Waals surface area contributed by atoms with E-state index in [1.165, 1.54) is 6.20 Å². The molecule has 1 saturated carbocycles. The molecule has 3 heterocycles. The van der Waals surface area contributed by atoms with E-state index in [4.69, 9.17) is 0 Å². The average molecular weight is 517 g/mol. The molecule has 7 nitrogen and oxygen atoms in total. The van der Waals surface area contributed by atoms with Crippen molar-refractivity contribution in [1.29, 1.82) is 0 Å². The fourth-order valence-electron chi connectivity index (χ4n) is 5.79. The van der Waals surface area contributed by atoms with E-state index in [0.29, 0.717) is 39.0 Å². The first kappa shape index (κ1) is 26.2. The molecule has 1 aliphatic carbocycles. The van der Waals surface area contributed by atoms with E-state index in [1.807, 2.05) is 4.90 Å². The Morgan fingerprint density at radius 2 is 1.77 bits per heavy atom. The molecule has 0 bridgehead atoms. The number of rotatable bonds is 5. The maximum atomic E-state index is 13.8. The first-order valence-corrected chi connectivity index (χ1v) is 14.3. The lowest BCUT2D eigenvalue weighted by molar-refractivity contribution is -0.145. The minimum absolute atomic E-state index is 0.125. The molecule has 2 atom stereocenters. The van der Waals surface area contributed by atoms with Crippen molar-refractivity contribution in [3.05, 3.63) is 23.9 Å². The predicted molar refractivity (Wildman–Crippen MR) is 128 cm³/mol. The number of hydrogen-bond acceptors (Lipinski definition) is 6. The zero-order valence-corrected chi connectivity index (χ0v) is 21.2. The molecule has 2 aliphatic heterocycles. The molecule has 11 heteroatoms. The standard InChI is InChI=1S/C24H35F3N4O3S/c1-17(2)23(7-3-20(16-23)29-19-5-13-35(33,34)14-6-19)22(32)31-11-9-30(10-12-31)21-15-18(4-8-28-21)24(25,26)27/h4,8,15,17,19-20,29H,3,5-7,9-14,16H2,1-2H3/t20?,23-/m0/s1. The number of halogens is 3. The Balaban J connectivity index is 1.36. The van der Waals surface area contributed by atoms with E-state index in [1.54, 1.807) is 4.90 Å². The maximum Gasteiger partial charge on any atom is 0.416 e. The van der Waals surface area contributed by atoms with Crippen LogP contribution < -0.4 is 10.2 Å². The van der Waals surface area contributed by atoms with Crippen molar-refractivity contribution in [3.63, 3.8) is 0 Å². The molecule has 35 heavy (non-hydrogen) atoms. The molecule has 0 radical (unpaired) electrons. The second kappa shape index (κ2) is 9.88. The second-order valence-electron chi connectivity index (χ2n) is 10.5. The Hall–Kier alpha value is -1.88. The number of hydrogen-bond donors (Lipinski definition) is 1. The van der Waals surface area contributed by atoms with Crippen LogP contribution in [0, 0.1) is 11.3 Å². The lowest BCUT2D eigenvalue weighted by Crippen LogP contribution is -2.54.